The van der Waals surface area contributed by atoms with Crippen molar-refractivity contribution in [2.75, 3.05) is 21.3 Å². The molecular weight excluding hydrogens is 410 g/mol. The summed E-state index contributed by atoms with van der Waals surface area (Å²) in [6, 6.07) is 13.1. The number of amides is 1. The average molecular weight is 440 g/mol. The Hall–Kier alpha value is -3.55. The van der Waals surface area contributed by atoms with Gasteiger partial charge in [0.1, 0.15) is 17.2 Å². The summed E-state index contributed by atoms with van der Waals surface area (Å²) in [7, 11) is 4.83. The second kappa shape index (κ2) is 10.7. The summed E-state index contributed by atoms with van der Waals surface area (Å²) in [4.78, 5) is 18.9. The molecule has 2 aromatic carbocycles. The topological polar surface area (TPSA) is 86.9 Å². The van der Waals surface area contributed by atoms with Crippen molar-refractivity contribution in [1.29, 1.82) is 0 Å². The van der Waals surface area contributed by atoms with Crippen molar-refractivity contribution < 1.29 is 23.5 Å². The Kier molecular flexibility index (Phi) is 7.70. The van der Waals surface area contributed by atoms with Crippen LogP contribution in [0, 0.1) is 0 Å². The number of methoxy groups -OCH3 is 2. The number of ether oxygens (including phenoxy) is 3. The van der Waals surface area contributed by atoms with Gasteiger partial charge in [-0.15, -0.1) is 0 Å². The van der Waals surface area contributed by atoms with E-state index < -0.39 is 6.10 Å². The Bertz CT molecular complexity index is 1030. The summed E-state index contributed by atoms with van der Waals surface area (Å²) in [6.45, 7) is 4.17. The van der Waals surface area contributed by atoms with Crippen LogP contribution in [-0.4, -0.2) is 48.3 Å². The first-order chi connectivity index (χ1) is 15.5. The molecule has 170 valence electrons. The molecule has 8 nitrogen and oxygen atoms in total. The number of likely N-dealkylation sites (N-methyl/N-ethyl adjacent to an activating group) is 1. The molecule has 0 saturated heterocycles. The molecule has 0 fully saturated rings. The number of benzene rings is 2. The van der Waals surface area contributed by atoms with E-state index >= 15 is 0 Å². The molecule has 0 aliphatic carbocycles. The van der Waals surface area contributed by atoms with Crippen LogP contribution in [0.1, 0.15) is 31.7 Å². The first-order valence-electron chi connectivity index (χ1n) is 10.5. The highest BCUT2D eigenvalue weighted by Gasteiger charge is 2.24. The molecule has 1 heterocycles. The van der Waals surface area contributed by atoms with Gasteiger partial charge in [0, 0.05) is 13.1 Å². The molecule has 0 saturated carbocycles. The third-order valence-electron chi connectivity index (χ3n) is 5.12. The number of carbonyl (C=O) groups is 1. The lowest BCUT2D eigenvalue weighted by molar-refractivity contribution is -0.138. The first kappa shape index (κ1) is 23.1. The van der Waals surface area contributed by atoms with Gasteiger partial charge < -0.3 is 23.6 Å². The molecule has 0 spiro atoms. The molecule has 1 aromatic heterocycles. The number of carbonyl (C=O) groups excluding carboxylic acids is 1. The van der Waals surface area contributed by atoms with Crippen molar-refractivity contribution in [3.8, 4) is 28.6 Å². The van der Waals surface area contributed by atoms with E-state index in [1.165, 1.54) is 10.5 Å². The van der Waals surface area contributed by atoms with Crippen LogP contribution >= 0.6 is 0 Å². The minimum Gasteiger partial charge on any atom is -0.497 e. The Morgan fingerprint density at radius 3 is 2.41 bits per heavy atom. The normalized spacial score (nSPS) is 11.7. The van der Waals surface area contributed by atoms with Crippen molar-refractivity contribution in [2.45, 2.75) is 39.3 Å². The highest BCUT2D eigenvalue weighted by Crippen LogP contribution is 2.31. The minimum atomic E-state index is -0.600. The van der Waals surface area contributed by atoms with E-state index in [1.807, 2.05) is 31.2 Å². The third-order valence-corrected chi connectivity index (χ3v) is 5.12. The van der Waals surface area contributed by atoms with Gasteiger partial charge in [-0.25, -0.2) is 0 Å². The number of hydrogen-bond donors (Lipinski definition) is 0. The SMILES string of the molecule is CCc1ccc(O[C@@H](CC)C(=O)N(C)Cc2nc(-c3ccc(OC)cc3OC)no2)cc1. The molecule has 0 bridgehead atoms. The molecule has 1 atom stereocenters. The van der Waals surface area contributed by atoms with E-state index in [9.17, 15) is 4.79 Å². The van der Waals surface area contributed by atoms with E-state index in [0.717, 1.165) is 6.42 Å². The van der Waals surface area contributed by atoms with E-state index in [0.29, 0.717) is 40.9 Å². The van der Waals surface area contributed by atoms with Gasteiger partial charge in [0.05, 0.1) is 26.3 Å². The van der Waals surface area contributed by atoms with Gasteiger partial charge in [-0.3, -0.25) is 4.79 Å². The Morgan fingerprint density at radius 1 is 1.06 bits per heavy atom. The quantitative estimate of drug-likeness (QED) is 0.469. The highest BCUT2D eigenvalue weighted by molar-refractivity contribution is 5.81. The summed E-state index contributed by atoms with van der Waals surface area (Å²) >= 11 is 0. The molecule has 1 amide bonds. The van der Waals surface area contributed by atoms with E-state index in [2.05, 4.69) is 17.1 Å². The predicted molar refractivity (Wildman–Crippen MR) is 120 cm³/mol. The molecule has 0 unspecified atom stereocenters. The van der Waals surface area contributed by atoms with Crippen LogP contribution in [0.3, 0.4) is 0 Å². The monoisotopic (exact) mass is 439 g/mol. The van der Waals surface area contributed by atoms with Crippen LogP contribution in [0.5, 0.6) is 17.2 Å². The molecular formula is C24H29N3O5. The number of hydrogen-bond acceptors (Lipinski definition) is 7. The third kappa shape index (κ3) is 5.38. The lowest BCUT2D eigenvalue weighted by Gasteiger charge is -2.22. The van der Waals surface area contributed by atoms with Gasteiger partial charge >= 0.3 is 0 Å². The van der Waals surface area contributed by atoms with Crippen molar-refractivity contribution in [1.82, 2.24) is 15.0 Å². The maximum Gasteiger partial charge on any atom is 0.263 e. The number of nitrogens with zero attached hydrogens (tertiary/aromatic N) is 3. The van der Waals surface area contributed by atoms with Crippen LogP contribution in [-0.2, 0) is 17.8 Å². The zero-order valence-electron chi connectivity index (χ0n) is 19.1. The Morgan fingerprint density at radius 2 is 1.78 bits per heavy atom. The van der Waals surface area contributed by atoms with Gasteiger partial charge in [0.15, 0.2) is 6.10 Å². The summed E-state index contributed by atoms with van der Waals surface area (Å²) in [5, 5.41) is 4.04. The van der Waals surface area contributed by atoms with Crippen LogP contribution in [0.25, 0.3) is 11.4 Å². The first-order valence-corrected chi connectivity index (χ1v) is 10.5. The smallest absolute Gasteiger partial charge is 0.263 e. The summed E-state index contributed by atoms with van der Waals surface area (Å²) in [5.74, 6) is 2.43. The summed E-state index contributed by atoms with van der Waals surface area (Å²) in [5.41, 5.74) is 1.89. The Balaban J connectivity index is 1.68. The van der Waals surface area contributed by atoms with Crippen LogP contribution in [0.15, 0.2) is 47.0 Å². The molecule has 32 heavy (non-hydrogen) atoms. The second-order valence-electron chi connectivity index (χ2n) is 7.28. The maximum atomic E-state index is 12.9. The summed E-state index contributed by atoms with van der Waals surface area (Å²) in [6.07, 6.45) is 0.890. The number of aromatic nitrogens is 2. The van der Waals surface area contributed by atoms with Gasteiger partial charge in [-0.1, -0.05) is 31.1 Å². The van der Waals surface area contributed by atoms with E-state index in [4.69, 9.17) is 18.7 Å². The number of aryl methyl sites for hydroxylation is 1. The predicted octanol–water partition coefficient (Wildman–Crippen LogP) is 4.13. The molecule has 0 radical (unpaired) electrons. The van der Waals surface area contributed by atoms with Crippen LogP contribution < -0.4 is 14.2 Å². The standard InChI is InChI=1S/C24H29N3O5/c1-6-16-8-10-17(11-9-16)31-20(7-2)24(28)27(3)15-22-25-23(26-32-22)19-13-12-18(29-4)14-21(19)30-5/h8-14,20H,6-7,15H2,1-5H3/t20-/m0/s1. The maximum absolute atomic E-state index is 12.9. The van der Waals surface area contributed by atoms with Crippen molar-refractivity contribution in [2.24, 2.45) is 0 Å². The van der Waals surface area contributed by atoms with Gasteiger partial charge in [0.2, 0.25) is 11.7 Å². The lowest BCUT2D eigenvalue weighted by Crippen LogP contribution is -2.39. The fourth-order valence-corrected chi connectivity index (χ4v) is 3.21. The number of rotatable bonds is 10. The van der Waals surface area contributed by atoms with Crippen LogP contribution in [0.4, 0.5) is 0 Å². The van der Waals surface area contributed by atoms with E-state index in [1.54, 1.807) is 39.5 Å². The molecule has 0 aliphatic rings. The van der Waals surface area contributed by atoms with E-state index in [-0.39, 0.29) is 12.5 Å². The van der Waals surface area contributed by atoms with Gasteiger partial charge in [-0.05, 0) is 42.7 Å². The minimum absolute atomic E-state index is 0.158. The molecule has 3 aromatic rings. The molecule has 3 rings (SSSR count). The zero-order valence-corrected chi connectivity index (χ0v) is 19.1. The lowest BCUT2D eigenvalue weighted by atomic mass is 10.1. The molecule has 0 N–H and O–H groups in total. The van der Waals surface area contributed by atoms with Crippen LogP contribution in [0.2, 0.25) is 0 Å². The molecule has 0 aliphatic heterocycles. The largest absolute Gasteiger partial charge is 0.497 e. The average Bonchev–Trinajstić information content (AvgIpc) is 3.30. The van der Waals surface area contributed by atoms with Crippen molar-refractivity contribution in [3.63, 3.8) is 0 Å². The Labute approximate surface area is 188 Å². The second-order valence-corrected chi connectivity index (χ2v) is 7.28. The van der Waals surface area contributed by atoms with Gasteiger partial charge in [0.25, 0.3) is 5.91 Å². The zero-order chi connectivity index (χ0) is 23.1. The molecule has 8 heteroatoms. The van der Waals surface area contributed by atoms with Crippen molar-refractivity contribution >= 4 is 5.91 Å². The van der Waals surface area contributed by atoms with Gasteiger partial charge in [-0.2, -0.15) is 4.98 Å². The fourth-order valence-electron chi connectivity index (χ4n) is 3.21. The highest BCUT2D eigenvalue weighted by atomic mass is 16.5. The summed E-state index contributed by atoms with van der Waals surface area (Å²) < 4.78 is 21.9. The van der Waals surface area contributed by atoms with Crippen molar-refractivity contribution in [3.05, 3.63) is 53.9 Å². The fraction of sp³-hybridized carbons (Fsp3) is 0.375.